The molecule has 2 aliphatic heterocycles. The Morgan fingerprint density at radius 3 is 2.47 bits per heavy atom. The van der Waals surface area contributed by atoms with Crippen LogP contribution in [0.25, 0.3) is 22.4 Å². The molecule has 4 heterocycles. The highest BCUT2D eigenvalue weighted by Gasteiger charge is 2.36. The van der Waals surface area contributed by atoms with Gasteiger partial charge in [0.05, 0.1) is 29.5 Å². The summed E-state index contributed by atoms with van der Waals surface area (Å²) in [4.78, 5) is 42.9. The Morgan fingerprint density at radius 1 is 1.00 bits per heavy atom. The Morgan fingerprint density at radius 2 is 1.79 bits per heavy atom. The van der Waals surface area contributed by atoms with Gasteiger partial charge in [-0.1, -0.05) is 38.1 Å². The molecule has 2 aromatic heterocycles. The van der Waals surface area contributed by atoms with Crippen LogP contribution in [0.5, 0.6) is 0 Å². The molecular formula is C36H43FN8O2. The molecule has 2 fully saturated rings. The molecule has 0 spiro atoms. The molecule has 11 heteroatoms. The van der Waals surface area contributed by atoms with Crippen LogP contribution in [0.2, 0.25) is 0 Å². The number of nitrogens with zero attached hydrogens (tertiary/aromatic N) is 4. The largest absolute Gasteiger partial charge is 0.351 e. The smallest absolute Gasteiger partial charge is 0.257 e. The van der Waals surface area contributed by atoms with E-state index in [0.29, 0.717) is 35.0 Å². The first-order chi connectivity index (χ1) is 22.7. The van der Waals surface area contributed by atoms with E-state index >= 15 is 4.39 Å². The van der Waals surface area contributed by atoms with Crippen molar-refractivity contribution < 1.29 is 14.0 Å². The Kier molecular flexibility index (Phi) is 9.65. The molecule has 10 nitrogen and oxygen atoms in total. The zero-order chi connectivity index (χ0) is 33.1. The molecule has 2 amide bonds. The van der Waals surface area contributed by atoms with E-state index in [0.717, 1.165) is 55.4 Å². The van der Waals surface area contributed by atoms with E-state index in [4.69, 9.17) is 0 Å². The van der Waals surface area contributed by atoms with Gasteiger partial charge in [0, 0.05) is 49.7 Å². The van der Waals surface area contributed by atoms with Crippen molar-refractivity contribution in [1.82, 2.24) is 30.5 Å². The van der Waals surface area contributed by atoms with Crippen molar-refractivity contribution in [3.05, 3.63) is 84.2 Å². The predicted octanol–water partition coefficient (Wildman–Crippen LogP) is 5.24. The zero-order valence-corrected chi connectivity index (χ0v) is 27.4. The van der Waals surface area contributed by atoms with Crippen LogP contribution in [-0.4, -0.2) is 77.0 Å². The predicted molar refractivity (Wildman–Crippen MR) is 183 cm³/mol. The van der Waals surface area contributed by atoms with Crippen LogP contribution < -0.4 is 20.9 Å². The third kappa shape index (κ3) is 6.91. The number of carbonyl (C=O) groups excluding carboxylic acids is 2. The number of rotatable bonds is 9. The maximum atomic E-state index is 15.3. The molecule has 0 bridgehead atoms. The van der Waals surface area contributed by atoms with Crippen molar-refractivity contribution >= 4 is 23.3 Å². The number of anilines is 2. The number of benzene rings is 2. The topological polar surface area (TPSA) is 118 Å². The lowest BCUT2D eigenvalue weighted by molar-refractivity contribution is -0.135. The number of aromatic amines is 1. The third-order valence-electron chi connectivity index (χ3n) is 9.23. The average Bonchev–Trinajstić information content (AvgIpc) is 3.76. The summed E-state index contributed by atoms with van der Waals surface area (Å²) in [5.41, 5.74) is 3.66. The molecular weight excluding hydrogens is 595 g/mol. The maximum absolute atomic E-state index is 15.3. The molecule has 6 rings (SSSR count). The first kappa shape index (κ1) is 32.3. The highest BCUT2D eigenvalue weighted by Crippen LogP contribution is 2.33. The van der Waals surface area contributed by atoms with E-state index in [2.05, 4.69) is 42.7 Å². The Bertz CT molecular complexity index is 1700. The number of H-pyrrole nitrogens is 1. The van der Waals surface area contributed by atoms with E-state index < -0.39 is 5.82 Å². The van der Waals surface area contributed by atoms with Gasteiger partial charge in [-0.25, -0.2) is 14.4 Å². The number of likely N-dealkylation sites (N-methyl/N-ethyl adjacent to an activating group) is 1. The molecule has 4 aromatic rings. The molecule has 0 radical (unpaired) electrons. The molecule has 3 atom stereocenters. The summed E-state index contributed by atoms with van der Waals surface area (Å²) in [5, 5.41) is 9.31. The van der Waals surface area contributed by atoms with Gasteiger partial charge < -0.3 is 30.7 Å². The Balaban J connectivity index is 1.10. The van der Waals surface area contributed by atoms with Gasteiger partial charge in [-0.2, -0.15) is 0 Å². The summed E-state index contributed by atoms with van der Waals surface area (Å²) in [7, 11) is 1.83. The van der Waals surface area contributed by atoms with Crippen LogP contribution in [0.15, 0.2) is 67.0 Å². The first-order valence-electron chi connectivity index (χ1n) is 16.4. The van der Waals surface area contributed by atoms with Crippen molar-refractivity contribution in [1.29, 1.82) is 0 Å². The van der Waals surface area contributed by atoms with Gasteiger partial charge >= 0.3 is 0 Å². The van der Waals surface area contributed by atoms with Gasteiger partial charge in [0.2, 0.25) is 5.91 Å². The van der Waals surface area contributed by atoms with Gasteiger partial charge in [-0.15, -0.1) is 0 Å². The van der Waals surface area contributed by atoms with Gasteiger partial charge in [-0.3, -0.25) is 9.59 Å². The number of imidazole rings is 1. The summed E-state index contributed by atoms with van der Waals surface area (Å²) < 4.78 is 15.3. The lowest BCUT2D eigenvalue weighted by atomic mass is 10.0. The second kappa shape index (κ2) is 14.0. The van der Waals surface area contributed by atoms with Crippen molar-refractivity contribution in [3.8, 4) is 22.4 Å². The van der Waals surface area contributed by atoms with Crippen molar-refractivity contribution in [3.63, 3.8) is 0 Å². The van der Waals surface area contributed by atoms with Crippen LogP contribution in [0, 0.1) is 11.7 Å². The van der Waals surface area contributed by atoms with Crippen LogP contribution in [-0.2, 0) is 4.79 Å². The van der Waals surface area contributed by atoms with E-state index in [-0.39, 0.29) is 29.8 Å². The minimum absolute atomic E-state index is 0.0880. The minimum Gasteiger partial charge on any atom is -0.351 e. The normalized spacial score (nSPS) is 18.9. The van der Waals surface area contributed by atoms with E-state index in [1.54, 1.807) is 30.6 Å². The highest BCUT2D eigenvalue weighted by atomic mass is 19.1. The fourth-order valence-corrected chi connectivity index (χ4v) is 6.62. The number of piperazine rings is 1. The monoisotopic (exact) mass is 638 g/mol. The minimum atomic E-state index is -0.437. The number of likely N-dealkylation sites (tertiary alicyclic amines) is 1. The van der Waals surface area contributed by atoms with Crippen molar-refractivity contribution in [2.24, 2.45) is 5.92 Å². The summed E-state index contributed by atoms with van der Waals surface area (Å²) in [6.07, 6.45) is 5.14. The summed E-state index contributed by atoms with van der Waals surface area (Å²) >= 11 is 0. The molecule has 246 valence electrons. The van der Waals surface area contributed by atoms with Crippen molar-refractivity contribution in [2.75, 3.05) is 43.4 Å². The molecule has 47 heavy (non-hydrogen) atoms. The average molecular weight is 639 g/mol. The molecule has 0 unspecified atom stereocenters. The first-order valence-corrected chi connectivity index (χ1v) is 16.4. The van der Waals surface area contributed by atoms with Gasteiger partial charge in [-0.05, 0) is 74.2 Å². The number of nitrogens with one attached hydrogen (secondary N) is 4. The molecule has 0 saturated carbocycles. The quantitative estimate of drug-likeness (QED) is 0.198. The lowest BCUT2D eigenvalue weighted by Crippen LogP contribution is -2.50. The van der Waals surface area contributed by atoms with Crippen LogP contribution in [0.4, 0.5) is 15.9 Å². The Labute approximate surface area is 275 Å². The number of pyridine rings is 1. The highest BCUT2D eigenvalue weighted by molar-refractivity contribution is 6.04. The van der Waals surface area contributed by atoms with Gasteiger partial charge in [0.1, 0.15) is 17.5 Å². The fourth-order valence-electron chi connectivity index (χ4n) is 6.62. The number of hydrogen-bond donors (Lipinski definition) is 4. The van der Waals surface area contributed by atoms with Crippen LogP contribution >= 0.6 is 0 Å². The summed E-state index contributed by atoms with van der Waals surface area (Å²) in [6, 6.07) is 15.9. The van der Waals surface area contributed by atoms with Gasteiger partial charge in [0.25, 0.3) is 5.91 Å². The number of aromatic nitrogens is 3. The molecule has 2 saturated heterocycles. The zero-order valence-electron chi connectivity index (χ0n) is 27.4. The van der Waals surface area contributed by atoms with Gasteiger partial charge in [0.15, 0.2) is 0 Å². The fraction of sp³-hybridized carbons (Fsp3) is 0.389. The summed E-state index contributed by atoms with van der Waals surface area (Å²) in [6.45, 7) is 9.59. The number of hydrogen-bond acceptors (Lipinski definition) is 7. The third-order valence-corrected chi connectivity index (χ3v) is 9.23. The second-order valence-electron chi connectivity index (χ2n) is 12.8. The van der Waals surface area contributed by atoms with Crippen LogP contribution in [0.3, 0.4) is 0 Å². The summed E-state index contributed by atoms with van der Waals surface area (Å²) in [5.74, 6) is 1.12. The standard InChI is InChI=1S/C36H43FN8O2/c1-22(2)33(38-4)36(47)45-16-5-6-31(45)34-41-21-30(43-34)25-9-7-24(8-10-25)28-13-12-27(18-29(28)37)42-35(46)26-11-14-32(40-20-26)44-17-15-39-19-23(44)3/h7-14,18,20-23,31,33,38-39H,5-6,15-17,19H2,1-4H3,(H,41,43)(H,42,46)/t23-,31+,33+/m1/s1. The molecule has 2 aromatic carbocycles. The molecule has 0 aliphatic carbocycles. The molecule has 2 aliphatic rings. The second-order valence-corrected chi connectivity index (χ2v) is 12.8. The van der Waals surface area contributed by atoms with Crippen LogP contribution in [0.1, 0.15) is 55.8 Å². The van der Waals surface area contributed by atoms with E-state index in [1.807, 2.05) is 56.1 Å². The van der Waals surface area contributed by atoms with E-state index in [9.17, 15) is 9.59 Å². The SMILES string of the molecule is CN[C@H](C(=O)N1CCC[C@H]1c1ncc(-c2ccc(-c3ccc(NC(=O)c4ccc(N5CCNC[C@H]5C)nc4)cc3F)cc2)[nH]1)C(C)C. The number of amides is 2. The van der Waals surface area contributed by atoms with Crippen molar-refractivity contribution in [2.45, 2.75) is 51.7 Å². The van der Waals surface area contributed by atoms with E-state index in [1.165, 1.54) is 6.07 Å². The lowest BCUT2D eigenvalue weighted by Gasteiger charge is -2.34. The molecule has 4 N–H and O–H groups in total. The maximum Gasteiger partial charge on any atom is 0.257 e. The number of carbonyl (C=O) groups is 2. The number of halogens is 1. The Hall–Kier alpha value is -4.61.